The summed E-state index contributed by atoms with van der Waals surface area (Å²) in [6.45, 7) is 1.53. The predicted octanol–water partition coefficient (Wildman–Crippen LogP) is 0.246. The standard InChI is InChI=1S/C10H14N2O3S/c1-5(11)7(10(14)15-2)9(16)12-8(13)6-3-4-6/h6H,3-4,11H2,1-2H3,(H,12,13,16)/b7-5+. The fourth-order valence-electron chi connectivity index (χ4n) is 1.16. The van der Waals surface area contributed by atoms with E-state index in [2.05, 4.69) is 10.1 Å². The van der Waals surface area contributed by atoms with Crippen LogP contribution in [0, 0.1) is 5.92 Å². The Morgan fingerprint density at radius 3 is 2.38 bits per heavy atom. The fraction of sp³-hybridized carbons (Fsp3) is 0.500. The second kappa shape index (κ2) is 5.07. The van der Waals surface area contributed by atoms with Crippen molar-refractivity contribution < 1.29 is 14.3 Å². The third-order valence-corrected chi connectivity index (χ3v) is 2.50. The number of esters is 1. The summed E-state index contributed by atoms with van der Waals surface area (Å²) in [6.07, 6.45) is 1.74. The van der Waals surface area contributed by atoms with Crippen molar-refractivity contribution in [3.8, 4) is 0 Å². The van der Waals surface area contributed by atoms with Crippen LogP contribution in [-0.4, -0.2) is 24.0 Å². The molecular weight excluding hydrogens is 228 g/mol. The number of hydrogen-bond donors (Lipinski definition) is 2. The van der Waals surface area contributed by atoms with E-state index < -0.39 is 5.97 Å². The molecule has 1 aliphatic rings. The van der Waals surface area contributed by atoms with Crippen LogP contribution in [0.1, 0.15) is 19.8 Å². The van der Waals surface area contributed by atoms with E-state index in [1.165, 1.54) is 14.0 Å². The lowest BCUT2D eigenvalue weighted by atomic mass is 10.2. The highest BCUT2D eigenvalue weighted by Crippen LogP contribution is 2.28. The molecule has 5 nitrogen and oxygen atoms in total. The van der Waals surface area contributed by atoms with Gasteiger partial charge in [-0.15, -0.1) is 0 Å². The molecule has 0 spiro atoms. The highest BCUT2D eigenvalue weighted by atomic mass is 32.1. The van der Waals surface area contributed by atoms with Crippen LogP contribution in [0.25, 0.3) is 0 Å². The number of ether oxygens (including phenoxy) is 1. The Morgan fingerprint density at radius 2 is 2.00 bits per heavy atom. The van der Waals surface area contributed by atoms with Crippen LogP contribution in [0.5, 0.6) is 0 Å². The summed E-state index contributed by atoms with van der Waals surface area (Å²) in [7, 11) is 1.23. The summed E-state index contributed by atoms with van der Waals surface area (Å²) in [4.78, 5) is 22.8. The van der Waals surface area contributed by atoms with Gasteiger partial charge in [-0.05, 0) is 19.8 Å². The number of thiocarbonyl (C=S) groups is 1. The van der Waals surface area contributed by atoms with Gasteiger partial charge in [-0.1, -0.05) is 12.2 Å². The van der Waals surface area contributed by atoms with Gasteiger partial charge in [-0.2, -0.15) is 0 Å². The van der Waals surface area contributed by atoms with Gasteiger partial charge in [0.05, 0.1) is 7.11 Å². The molecule has 0 bridgehead atoms. The van der Waals surface area contributed by atoms with E-state index >= 15 is 0 Å². The highest BCUT2D eigenvalue weighted by Gasteiger charge is 2.31. The molecule has 3 N–H and O–H groups in total. The van der Waals surface area contributed by atoms with Gasteiger partial charge in [0.1, 0.15) is 10.6 Å². The number of amides is 1. The van der Waals surface area contributed by atoms with E-state index in [9.17, 15) is 9.59 Å². The Hall–Kier alpha value is -1.43. The fourth-order valence-corrected chi connectivity index (χ4v) is 1.50. The maximum atomic E-state index is 11.4. The zero-order chi connectivity index (χ0) is 12.3. The number of rotatable bonds is 3. The molecule has 0 aromatic rings. The van der Waals surface area contributed by atoms with Crippen molar-refractivity contribution in [3.63, 3.8) is 0 Å². The Balaban J connectivity index is 2.72. The Kier molecular flexibility index (Phi) is 4.00. The van der Waals surface area contributed by atoms with Gasteiger partial charge in [-0.3, -0.25) is 4.79 Å². The molecule has 0 saturated heterocycles. The number of allylic oxidation sites excluding steroid dienone is 1. The van der Waals surface area contributed by atoms with E-state index in [-0.39, 0.29) is 28.1 Å². The van der Waals surface area contributed by atoms with Gasteiger partial charge < -0.3 is 15.8 Å². The molecule has 88 valence electrons. The first kappa shape index (κ1) is 12.6. The van der Waals surface area contributed by atoms with Crippen molar-refractivity contribution in [2.75, 3.05) is 7.11 Å². The second-order valence-electron chi connectivity index (χ2n) is 3.64. The van der Waals surface area contributed by atoms with Crippen molar-refractivity contribution in [2.24, 2.45) is 11.7 Å². The Bertz CT molecular complexity index is 368. The summed E-state index contributed by atoms with van der Waals surface area (Å²) in [6, 6.07) is 0. The number of methoxy groups -OCH3 is 1. The van der Waals surface area contributed by atoms with E-state index in [4.69, 9.17) is 18.0 Å². The van der Waals surface area contributed by atoms with Crippen LogP contribution in [0.4, 0.5) is 0 Å². The maximum Gasteiger partial charge on any atom is 0.342 e. The van der Waals surface area contributed by atoms with E-state index in [1.807, 2.05) is 0 Å². The predicted molar refractivity (Wildman–Crippen MR) is 62.4 cm³/mol. The molecule has 0 radical (unpaired) electrons. The van der Waals surface area contributed by atoms with Crippen LogP contribution >= 0.6 is 12.2 Å². The average Bonchev–Trinajstić information content (AvgIpc) is 2.99. The smallest absolute Gasteiger partial charge is 0.342 e. The molecule has 0 unspecified atom stereocenters. The Morgan fingerprint density at radius 1 is 1.44 bits per heavy atom. The average molecular weight is 242 g/mol. The van der Waals surface area contributed by atoms with Crippen LogP contribution in [0.15, 0.2) is 11.3 Å². The van der Waals surface area contributed by atoms with Gasteiger partial charge in [0.2, 0.25) is 5.91 Å². The van der Waals surface area contributed by atoms with Crippen LogP contribution in [0.3, 0.4) is 0 Å². The molecule has 1 fully saturated rings. The van der Waals surface area contributed by atoms with Crippen LogP contribution in [0.2, 0.25) is 0 Å². The number of nitrogens with one attached hydrogen (secondary N) is 1. The number of hydrogen-bond acceptors (Lipinski definition) is 5. The summed E-state index contributed by atoms with van der Waals surface area (Å²) in [5.74, 6) is -0.774. The molecule has 0 aromatic heterocycles. The van der Waals surface area contributed by atoms with Crippen molar-refractivity contribution in [2.45, 2.75) is 19.8 Å². The van der Waals surface area contributed by atoms with Gasteiger partial charge in [0.25, 0.3) is 0 Å². The Labute approximate surface area is 99.0 Å². The van der Waals surface area contributed by atoms with Crippen molar-refractivity contribution in [1.82, 2.24) is 5.32 Å². The first-order valence-electron chi connectivity index (χ1n) is 4.87. The van der Waals surface area contributed by atoms with Gasteiger partial charge >= 0.3 is 5.97 Å². The number of carbonyl (C=O) groups is 2. The zero-order valence-electron chi connectivity index (χ0n) is 9.20. The molecule has 0 atom stereocenters. The normalized spacial score (nSPS) is 16.1. The first-order chi connectivity index (χ1) is 7.47. The maximum absolute atomic E-state index is 11.4. The number of carbonyl (C=O) groups excluding carboxylic acids is 2. The molecule has 1 amide bonds. The van der Waals surface area contributed by atoms with E-state index in [1.54, 1.807) is 0 Å². The quantitative estimate of drug-likeness (QED) is 0.421. The van der Waals surface area contributed by atoms with E-state index in [0.717, 1.165) is 12.8 Å². The highest BCUT2D eigenvalue weighted by molar-refractivity contribution is 7.81. The lowest BCUT2D eigenvalue weighted by molar-refractivity contribution is -0.135. The number of nitrogens with two attached hydrogens (primary N) is 1. The molecule has 16 heavy (non-hydrogen) atoms. The van der Waals surface area contributed by atoms with Crippen LogP contribution < -0.4 is 11.1 Å². The minimum absolute atomic E-state index is 0.0231. The summed E-state index contributed by atoms with van der Waals surface area (Å²) >= 11 is 4.95. The van der Waals surface area contributed by atoms with Crippen molar-refractivity contribution in [3.05, 3.63) is 11.3 Å². The zero-order valence-corrected chi connectivity index (χ0v) is 10.0. The molecule has 1 rings (SSSR count). The third kappa shape index (κ3) is 3.03. The van der Waals surface area contributed by atoms with Gasteiger partial charge in [0.15, 0.2) is 0 Å². The van der Waals surface area contributed by atoms with Crippen LogP contribution in [-0.2, 0) is 14.3 Å². The minimum Gasteiger partial charge on any atom is -0.465 e. The van der Waals surface area contributed by atoms with Gasteiger partial charge in [-0.25, -0.2) is 4.79 Å². The molecule has 6 heteroatoms. The third-order valence-electron chi connectivity index (χ3n) is 2.20. The molecule has 1 saturated carbocycles. The molecule has 0 heterocycles. The molecule has 0 aromatic carbocycles. The van der Waals surface area contributed by atoms with Crippen molar-refractivity contribution >= 4 is 29.1 Å². The summed E-state index contributed by atoms with van der Waals surface area (Å²) < 4.78 is 4.54. The minimum atomic E-state index is -0.638. The largest absolute Gasteiger partial charge is 0.465 e. The lowest BCUT2D eigenvalue weighted by Crippen LogP contribution is -2.35. The lowest BCUT2D eigenvalue weighted by Gasteiger charge is -2.10. The van der Waals surface area contributed by atoms with E-state index in [0.29, 0.717) is 0 Å². The molecular formula is C10H14N2O3S. The van der Waals surface area contributed by atoms with Crippen molar-refractivity contribution in [1.29, 1.82) is 0 Å². The monoisotopic (exact) mass is 242 g/mol. The molecule has 0 aliphatic heterocycles. The summed E-state index contributed by atoms with van der Waals surface area (Å²) in [5.41, 5.74) is 5.80. The summed E-state index contributed by atoms with van der Waals surface area (Å²) in [5, 5.41) is 2.49. The molecule has 1 aliphatic carbocycles. The second-order valence-corrected chi connectivity index (χ2v) is 4.05. The first-order valence-corrected chi connectivity index (χ1v) is 5.28. The topological polar surface area (TPSA) is 81.4 Å². The van der Waals surface area contributed by atoms with Gasteiger partial charge in [0, 0.05) is 11.6 Å². The SMILES string of the molecule is COC(=O)/C(C(=S)NC(=O)C1CC1)=C(\C)N.